The van der Waals surface area contributed by atoms with Gasteiger partial charge in [0.05, 0.1) is 11.0 Å². The molecule has 0 spiro atoms. The summed E-state index contributed by atoms with van der Waals surface area (Å²) < 4.78 is 2.20. The fourth-order valence-electron chi connectivity index (χ4n) is 2.39. The summed E-state index contributed by atoms with van der Waals surface area (Å²) in [6, 6.07) is 14.0. The van der Waals surface area contributed by atoms with Crippen molar-refractivity contribution >= 4 is 34.2 Å². The zero-order valence-electron chi connectivity index (χ0n) is 11.1. The Morgan fingerprint density at radius 1 is 1.10 bits per heavy atom. The molecule has 0 radical (unpaired) electrons. The molecular weight excluding hydrogens is 291 g/mol. The molecule has 0 saturated carbocycles. The Morgan fingerprint density at radius 2 is 1.85 bits per heavy atom. The molecular formula is C16H14Cl2N2. The highest BCUT2D eigenvalue weighted by atomic mass is 35.5. The van der Waals surface area contributed by atoms with Crippen LogP contribution in [0, 0.1) is 0 Å². The predicted octanol–water partition coefficient (Wildman–Crippen LogP) is 5.12. The van der Waals surface area contributed by atoms with Crippen molar-refractivity contribution < 1.29 is 0 Å². The van der Waals surface area contributed by atoms with Crippen LogP contribution >= 0.6 is 23.2 Å². The number of aryl methyl sites for hydroxylation is 1. The third-order valence-electron chi connectivity index (χ3n) is 3.39. The lowest BCUT2D eigenvalue weighted by molar-refractivity contribution is 0.796. The molecule has 0 saturated heterocycles. The van der Waals surface area contributed by atoms with Crippen LogP contribution in [0.1, 0.15) is 12.5 Å². The van der Waals surface area contributed by atoms with Gasteiger partial charge in [0.2, 0.25) is 0 Å². The zero-order valence-corrected chi connectivity index (χ0v) is 12.6. The Bertz CT molecular complexity index is 745. The van der Waals surface area contributed by atoms with E-state index < -0.39 is 0 Å². The van der Waals surface area contributed by atoms with Crippen molar-refractivity contribution in [3.8, 4) is 11.4 Å². The van der Waals surface area contributed by atoms with Crippen LogP contribution in [0.2, 0.25) is 5.02 Å². The number of rotatable bonds is 3. The molecule has 0 bridgehead atoms. The first-order valence-electron chi connectivity index (χ1n) is 6.54. The molecule has 0 aliphatic carbocycles. The molecule has 3 aromatic rings. The van der Waals surface area contributed by atoms with Crippen molar-refractivity contribution in [2.75, 3.05) is 0 Å². The summed E-state index contributed by atoms with van der Waals surface area (Å²) in [5, 5.41) is 0.710. The van der Waals surface area contributed by atoms with Crippen molar-refractivity contribution in [3.05, 3.63) is 53.1 Å². The highest BCUT2D eigenvalue weighted by Crippen LogP contribution is 2.27. The maximum atomic E-state index is 6.05. The molecule has 20 heavy (non-hydrogen) atoms. The quantitative estimate of drug-likeness (QED) is 0.614. The molecule has 0 N–H and O–H groups in total. The number of benzene rings is 2. The average molecular weight is 305 g/mol. The van der Waals surface area contributed by atoms with E-state index in [0.717, 1.165) is 34.5 Å². The lowest BCUT2D eigenvalue weighted by Crippen LogP contribution is -1.97. The monoisotopic (exact) mass is 304 g/mol. The van der Waals surface area contributed by atoms with Gasteiger partial charge in [-0.2, -0.15) is 0 Å². The molecule has 0 fully saturated rings. The molecule has 1 aromatic heterocycles. The SMILES string of the molecule is CCn1c(-c2ccc(CCl)cc2)nc2cc(Cl)ccc21. The molecule has 3 rings (SSSR count). The Labute approximate surface area is 128 Å². The van der Waals surface area contributed by atoms with E-state index in [1.54, 1.807) is 0 Å². The van der Waals surface area contributed by atoms with Crippen LogP contribution in [0.15, 0.2) is 42.5 Å². The largest absolute Gasteiger partial charge is 0.324 e. The van der Waals surface area contributed by atoms with Gasteiger partial charge in [-0.25, -0.2) is 4.98 Å². The lowest BCUT2D eigenvalue weighted by atomic mass is 10.1. The second kappa shape index (κ2) is 5.47. The van der Waals surface area contributed by atoms with E-state index in [0.29, 0.717) is 10.9 Å². The number of halogens is 2. The fourth-order valence-corrected chi connectivity index (χ4v) is 2.73. The first kappa shape index (κ1) is 13.5. The van der Waals surface area contributed by atoms with Gasteiger partial charge in [0.15, 0.2) is 0 Å². The van der Waals surface area contributed by atoms with Gasteiger partial charge in [-0.1, -0.05) is 35.9 Å². The Balaban J connectivity index is 2.18. The maximum Gasteiger partial charge on any atom is 0.141 e. The average Bonchev–Trinajstić information content (AvgIpc) is 2.84. The molecule has 4 heteroatoms. The molecule has 0 amide bonds. The van der Waals surface area contributed by atoms with Gasteiger partial charge >= 0.3 is 0 Å². The predicted molar refractivity (Wildman–Crippen MR) is 85.4 cm³/mol. The normalized spacial score (nSPS) is 11.2. The van der Waals surface area contributed by atoms with Crippen LogP contribution in [0.5, 0.6) is 0 Å². The third-order valence-corrected chi connectivity index (χ3v) is 3.94. The number of alkyl halides is 1. The van der Waals surface area contributed by atoms with Crippen molar-refractivity contribution in [1.82, 2.24) is 9.55 Å². The highest BCUT2D eigenvalue weighted by Gasteiger charge is 2.11. The van der Waals surface area contributed by atoms with E-state index in [9.17, 15) is 0 Å². The minimum Gasteiger partial charge on any atom is -0.324 e. The second-order valence-corrected chi connectivity index (χ2v) is 5.35. The maximum absolute atomic E-state index is 6.05. The van der Waals surface area contributed by atoms with Crippen LogP contribution in [0.4, 0.5) is 0 Å². The van der Waals surface area contributed by atoms with Gasteiger partial charge < -0.3 is 4.57 Å². The molecule has 0 unspecified atom stereocenters. The Kier molecular flexibility index (Phi) is 3.68. The van der Waals surface area contributed by atoms with Crippen LogP contribution in [0.3, 0.4) is 0 Å². The molecule has 1 heterocycles. The Morgan fingerprint density at radius 3 is 2.50 bits per heavy atom. The van der Waals surface area contributed by atoms with Crippen molar-refractivity contribution in [3.63, 3.8) is 0 Å². The van der Waals surface area contributed by atoms with Gasteiger partial charge in [0, 0.05) is 23.0 Å². The van der Waals surface area contributed by atoms with Crippen molar-refractivity contribution in [2.45, 2.75) is 19.3 Å². The number of fused-ring (bicyclic) bond motifs is 1. The van der Waals surface area contributed by atoms with Crippen molar-refractivity contribution in [2.24, 2.45) is 0 Å². The number of aromatic nitrogens is 2. The molecule has 2 aromatic carbocycles. The van der Waals surface area contributed by atoms with E-state index in [-0.39, 0.29) is 0 Å². The standard InChI is InChI=1S/C16H14Cl2N2/c1-2-20-15-8-7-13(18)9-14(15)19-16(20)12-5-3-11(10-17)4-6-12/h3-9H,2,10H2,1H3. The smallest absolute Gasteiger partial charge is 0.141 e. The molecule has 2 nitrogen and oxygen atoms in total. The summed E-state index contributed by atoms with van der Waals surface area (Å²) in [7, 11) is 0. The van der Waals surface area contributed by atoms with Gasteiger partial charge in [-0.05, 0) is 30.7 Å². The van der Waals surface area contributed by atoms with Crippen LogP contribution < -0.4 is 0 Å². The zero-order chi connectivity index (χ0) is 14.1. The number of hydrogen-bond donors (Lipinski definition) is 0. The minimum atomic E-state index is 0.528. The lowest BCUT2D eigenvalue weighted by Gasteiger charge is -2.06. The summed E-state index contributed by atoms with van der Waals surface area (Å²) in [5.41, 5.74) is 4.23. The number of hydrogen-bond acceptors (Lipinski definition) is 1. The summed E-state index contributed by atoms with van der Waals surface area (Å²) in [6.07, 6.45) is 0. The molecule has 0 aliphatic rings. The first-order chi connectivity index (χ1) is 9.72. The van der Waals surface area contributed by atoms with Gasteiger partial charge in [0.25, 0.3) is 0 Å². The molecule has 102 valence electrons. The fraction of sp³-hybridized carbons (Fsp3) is 0.188. The van der Waals surface area contributed by atoms with Crippen molar-refractivity contribution in [1.29, 1.82) is 0 Å². The van der Waals surface area contributed by atoms with E-state index in [1.165, 1.54) is 0 Å². The van der Waals surface area contributed by atoms with E-state index in [1.807, 2.05) is 30.3 Å². The number of nitrogens with zero attached hydrogens (tertiary/aromatic N) is 2. The number of imidazole rings is 1. The Hall–Kier alpha value is -1.51. The third kappa shape index (κ3) is 2.30. The second-order valence-electron chi connectivity index (χ2n) is 4.64. The van der Waals surface area contributed by atoms with E-state index >= 15 is 0 Å². The van der Waals surface area contributed by atoms with Crippen LogP contribution in [-0.2, 0) is 12.4 Å². The van der Waals surface area contributed by atoms with Crippen LogP contribution in [0.25, 0.3) is 22.4 Å². The van der Waals surface area contributed by atoms with Gasteiger partial charge in [-0.3, -0.25) is 0 Å². The molecule has 0 atom stereocenters. The van der Waals surface area contributed by atoms with E-state index in [2.05, 4.69) is 23.6 Å². The highest BCUT2D eigenvalue weighted by molar-refractivity contribution is 6.31. The summed E-state index contributed by atoms with van der Waals surface area (Å²) >= 11 is 11.9. The summed E-state index contributed by atoms with van der Waals surface area (Å²) in [4.78, 5) is 4.72. The topological polar surface area (TPSA) is 17.8 Å². The molecule has 0 aliphatic heterocycles. The summed E-state index contributed by atoms with van der Waals surface area (Å²) in [6.45, 7) is 2.98. The first-order valence-corrected chi connectivity index (χ1v) is 7.45. The minimum absolute atomic E-state index is 0.528. The van der Waals surface area contributed by atoms with Gasteiger partial charge in [-0.15, -0.1) is 11.6 Å². The van der Waals surface area contributed by atoms with Gasteiger partial charge in [0.1, 0.15) is 5.82 Å². The van der Waals surface area contributed by atoms with Crippen LogP contribution in [-0.4, -0.2) is 9.55 Å². The van der Waals surface area contributed by atoms with E-state index in [4.69, 9.17) is 28.2 Å². The summed E-state index contributed by atoms with van der Waals surface area (Å²) in [5.74, 6) is 1.49.